The fourth-order valence-corrected chi connectivity index (χ4v) is 2.86. The number of rotatable bonds is 7. The van der Waals surface area contributed by atoms with Crippen molar-refractivity contribution in [2.45, 2.75) is 13.5 Å². The van der Waals surface area contributed by atoms with Gasteiger partial charge < -0.3 is 10.1 Å². The molecule has 102 valence electrons. The molecule has 3 nitrogen and oxygen atoms in total. The van der Waals surface area contributed by atoms with E-state index in [0.29, 0.717) is 0 Å². The lowest BCUT2D eigenvalue weighted by Gasteiger charge is -2.02. The third kappa shape index (κ3) is 4.69. The van der Waals surface area contributed by atoms with Gasteiger partial charge in [-0.25, -0.2) is 4.98 Å². The molecule has 0 spiro atoms. The van der Waals surface area contributed by atoms with E-state index in [2.05, 4.69) is 43.7 Å². The molecule has 1 aromatic heterocycles. The molecule has 0 aliphatic heterocycles. The highest BCUT2D eigenvalue weighted by Crippen LogP contribution is 2.26. The Morgan fingerprint density at radius 3 is 3.11 bits per heavy atom. The Morgan fingerprint density at radius 2 is 2.32 bits per heavy atom. The van der Waals surface area contributed by atoms with Crippen LogP contribution in [0.4, 0.5) is 0 Å². The molecule has 0 saturated carbocycles. The number of thiazole rings is 1. The van der Waals surface area contributed by atoms with Gasteiger partial charge in [-0.1, -0.05) is 28.1 Å². The van der Waals surface area contributed by atoms with Crippen molar-refractivity contribution in [3.05, 3.63) is 39.8 Å². The van der Waals surface area contributed by atoms with Crippen molar-refractivity contribution >= 4 is 27.3 Å². The first-order chi connectivity index (χ1) is 9.29. The summed E-state index contributed by atoms with van der Waals surface area (Å²) in [5, 5.41) is 6.48. The fourth-order valence-electron chi connectivity index (χ4n) is 1.65. The zero-order valence-corrected chi connectivity index (χ0v) is 13.3. The summed E-state index contributed by atoms with van der Waals surface area (Å²) in [6, 6.07) is 8.22. The molecular weight excluding hydrogens is 324 g/mol. The molecule has 5 heteroatoms. The molecule has 1 N–H and O–H groups in total. The highest BCUT2D eigenvalue weighted by molar-refractivity contribution is 9.10. The summed E-state index contributed by atoms with van der Waals surface area (Å²) in [5.74, 6) is 0. The molecule has 0 fully saturated rings. The van der Waals surface area contributed by atoms with Gasteiger partial charge in [0.1, 0.15) is 5.01 Å². The Hall–Kier alpha value is -0.750. The zero-order chi connectivity index (χ0) is 13.5. The second-order valence-electron chi connectivity index (χ2n) is 4.03. The fraction of sp³-hybridized carbons (Fsp3) is 0.357. The molecule has 2 aromatic rings. The van der Waals surface area contributed by atoms with E-state index in [1.54, 1.807) is 11.3 Å². The number of halogens is 1. The summed E-state index contributed by atoms with van der Waals surface area (Å²) in [6.45, 7) is 5.17. The topological polar surface area (TPSA) is 34.1 Å². The van der Waals surface area contributed by atoms with Gasteiger partial charge >= 0.3 is 0 Å². The molecule has 2 rings (SSSR count). The van der Waals surface area contributed by atoms with Crippen molar-refractivity contribution in [2.24, 2.45) is 0 Å². The molecule has 0 unspecified atom stereocenters. The molecule has 0 amide bonds. The first-order valence-electron chi connectivity index (χ1n) is 6.28. The minimum absolute atomic E-state index is 0.749. The van der Waals surface area contributed by atoms with Crippen LogP contribution in [-0.2, 0) is 11.3 Å². The summed E-state index contributed by atoms with van der Waals surface area (Å²) < 4.78 is 6.35. The molecule has 0 atom stereocenters. The standard InChI is InChI=1S/C14H17BrN2OS/c1-2-18-7-6-16-9-13-10-19-14(17-13)11-4-3-5-12(15)8-11/h3-5,8,10,16H,2,6-7,9H2,1H3. The van der Waals surface area contributed by atoms with Gasteiger partial charge in [0.15, 0.2) is 0 Å². The van der Waals surface area contributed by atoms with E-state index in [1.165, 1.54) is 0 Å². The van der Waals surface area contributed by atoms with Crippen LogP contribution in [0.3, 0.4) is 0 Å². The van der Waals surface area contributed by atoms with Gasteiger partial charge in [-0.2, -0.15) is 0 Å². The van der Waals surface area contributed by atoms with Crippen molar-refractivity contribution in [2.75, 3.05) is 19.8 Å². The van der Waals surface area contributed by atoms with Gasteiger partial charge in [0, 0.05) is 35.1 Å². The Labute approximate surface area is 126 Å². The lowest BCUT2D eigenvalue weighted by Crippen LogP contribution is -2.19. The molecule has 0 aliphatic carbocycles. The lowest BCUT2D eigenvalue weighted by molar-refractivity contribution is 0.149. The first-order valence-corrected chi connectivity index (χ1v) is 7.95. The highest BCUT2D eigenvalue weighted by atomic mass is 79.9. The van der Waals surface area contributed by atoms with Crippen molar-refractivity contribution < 1.29 is 4.74 Å². The van der Waals surface area contributed by atoms with Crippen LogP contribution in [0.2, 0.25) is 0 Å². The number of aromatic nitrogens is 1. The van der Waals surface area contributed by atoms with Crippen molar-refractivity contribution in [1.29, 1.82) is 0 Å². The summed E-state index contributed by atoms with van der Waals surface area (Å²) in [5.41, 5.74) is 2.23. The van der Waals surface area contributed by atoms with Gasteiger partial charge in [0.25, 0.3) is 0 Å². The molecular formula is C14H17BrN2OS. The summed E-state index contributed by atoms with van der Waals surface area (Å²) in [6.07, 6.45) is 0. The number of hydrogen-bond acceptors (Lipinski definition) is 4. The second kappa shape index (κ2) is 7.75. The van der Waals surface area contributed by atoms with Gasteiger partial charge in [-0.3, -0.25) is 0 Å². The van der Waals surface area contributed by atoms with E-state index < -0.39 is 0 Å². The van der Waals surface area contributed by atoms with Crippen LogP contribution in [0.15, 0.2) is 34.1 Å². The van der Waals surface area contributed by atoms with Crippen molar-refractivity contribution in [3.63, 3.8) is 0 Å². The molecule has 0 bridgehead atoms. The van der Waals surface area contributed by atoms with E-state index in [-0.39, 0.29) is 0 Å². The predicted molar refractivity (Wildman–Crippen MR) is 83.4 cm³/mol. The average molecular weight is 341 g/mol. The first kappa shape index (κ1) is 14.7. The molecule has 0 aliphatic rings. The Kier molecular flexibility index (Phi) is 5.97. The Morgan fingerprint density at radius 1 is 1.42 bits per heavy atom. The normalized spacial score (nSPS) is 10.8. The van der Waals surface area contributed by atoms with E-state index in [0.717, 1.165) is 47.0 Å². The quantitative estimate of drug-likeness (QED) is 0.780. The van der Waals surface area contributed by atoms with E-state index in [4.69, 9.17) is 4.74 Å². The van der Waals surface area contributed by atoms with E-state index in [9.17, 15) is 0 Å². The van der Waals surface area contributed by atoms with Crippen molar-refractivity contribution in [3.8, 4) is 10.6 Å². The third-order valence-electron chi connectivity index (χ3n) is 2.56. The van der Waals surface area contributed by atoms with Gasteiger partial charge in [0.2, 0.25) is 0 Å². The lowest BCUT2D eigenvalue weighted by atomic mass is 10.2. The van der Waals surface area contributed by atoms with Crippen LogP contribution in [-0.4, -0.2) is 24.7 Å². The maximum absolute atomic E-state index is 5.27. The maximum Gasteiger partial charge on any atom is 0.123 e. The smallest absolute Gasteiger partial charge is 0.123 e. The van der Waals surface area contributed by atoms with Gasteiger partial charge in [-0.15, -0.1) is 11.3 Å². The molecule has 19 heavy (non-hydrogen) atoms. The highest BCUT2D eigenvalue weighted by Gasteiger charge is 2.04. The summed E-state index contributed by atoms with van der Waals surface area (Å²) in [4.78, 5) is 4.63. The van der Waals surface area contributed by atoms with Gasteiger partial charge in [-0.05, 0) is 19.1 Å². The maximum atomic E-state index is 5.27. The van der Waals surface area contributed by atoms with Crippen LogP contribution >= 0.6 is 27.3 Å². The number of ether oxygens (including phenoxy) is 1. The van der Waals surface area contributed by atoms with E-state index >= 15 is 0 Å². The zero-order valence-electron chi connectivity index (χ0n) is 10.9. The molecule has 0 saturated heterocycles. The van der Waals surface area contributed by atoms with Crippen LogP contribution in [0.5, 0.6) is 0 Å². The SMILES string of the molecule is CCOCCNCc1csc(-c2cccc(Br)c2)n1. The third-order valence-corrected chi connectivity index (χ3v) is 3.99. The predicted octanol–water partition coefficient (Wildman–Crippen LogP) is 3.70. The monoisotopic (exact) mass is 340 g/mol. The van der Waals surface area contributed by atoms with Crippen LogP contribution in [0.1, 0.15) is 12.6 Å². The van der Waals surface area contributed by atoms with Crippen LogP contribution in [0.25, 0.3) is 10.6 Å². The molecule has 0 radical (unpaired) electrons. The number of benzene rings is 1. The number of nitrogens with one attached hydrogen (secondary N) is 1. The Bertz CT molecular complexity index is 516. The van der Waals surface area contributed by atoms with Crippen molar-refractivity contribution in [1.82, 2.24) is 10.3 Å². The average Bonchev–Trinajstić information content (AvgIpc) is 2.87. The van der Waals surface area contributed by atoms with Crippen LogP contribution in [0, 0.1) is 0 Å². The van der Waals surface area contributed by atoms with Crippen LogP contribution < -0.4 is 5.32 Å². The minimum Gasteiger partial charge on any atom is -0.380 e. The second-order valence-corrected chi connectivity index (χ2v) is 5.80. The van der Waals surface area contributed by atoms with Gasteiger partial charge in [0.05, 0.1) is 12.3 Å². The Balaban J connectivity index is 1.88. The number of nitrogens with zero attached hydrogens (tertiary/aromatic N) is 1. The summed E-state index contributed by atoms with van der Waals surface area (Å²) >= 11 is 5.16. The molecule has 1 heterocycles. The van der Waals surface area contributed by atoms with E-state index in [1.807, 2.05) is 19.1 Å². The molecule has 1 aromatic carbocycles. The summed E-state index contributed by atoms with van der Waals surface area (Å²) in [7, 11) is 0. The largest absolute Gasteiger partial charge is 0.380 e. The minimum atomic E-state index is 0.749. The number of hydrogen-bond donors (Lipinski definition) is 1.